The standard InChI is InChI=1S/C18H17ClN2OS/c19-15(10-13-6-2-1-3-7-13)12-20-21-18(22)17-11-14-8-4-5-9-16(14)23-17/h1-3,6-7,10-12H,4-5,8-9H2,(H,21,22)/b15-10-,20-12-. The van der Waals surface area contributed by atoms with Gasteiger partial charge in [-0.3, -0.25) is 4.79 Å². The van der Waals surface area contributed by atoms with Crippen molar-refractivity contribution in [1.29, 1.82) is 0 Å². The second-order valence-corrected chi connectivity index (χ2v) is 6.98. The summed E-state index contributed by atoms with van der Waals surface area (Å²) in [6.07, 6.45) is 7.83. The predicted molar refractivity (Wildman–Crippen MR) is 97.2 cm³/mol. The van der Waals surface area contributed by atoms with Crippen molar-refractivity contribution in [3.63, 3.8) is 0 Å². The molecule has 1 aliphatic carbocycles. The summed E-state index contributed by atoms with van der Waals surface area (Å²) in [5, 5.41) is 4.39. The third-order valence-corrected chi connectivity index (χ3v) is 5.12. The number of hydrogen-bond acceptors (Lipinski definition) is 3. The van der Waals surface area contributed by atoms with E-state index in [9.17, 15) is 4.79 Å². The van der Waals surface area contributed by atoms with Crippen molar-refractivity contribution in [2.24, 2.45) is 5.10 Å². The van der Waals surface area contributed by atoms with Crippen molar-refractivity contribution >= 4 is 41.1 Å². The molecular formula is C18H17ClN2OS. The number of benzene rings is 1. The normalized spacial score (nSPS) is 14.7. The fourth-order valence-electron chi connectivity index (χ4n) is 2.56. The lowest BCUT2D eigenvalue weighted by atomic mass is 9.99. The lowest BCUT2D eigenvalue weighted by Gasteiger charge is -2.08. The summed E-state index contributed by atoms with van der Waals surface area (Å²) in [6, 6.07) is 11.7. The Balaban J connectivity index is 1.60. The average Bonchev–Trinajstić information content (AvgIpc) is 3.00. The van der Waals surface area contributed by atoms with Crippen LogP contribution in [-0.2, 0) is 12.8 Å². The van der Waals surface area contributed by atoms with Gasteiger partial charge in [0, 0.05) is 4.88 Å². The van der Waals surface area contributed by atoms with Crippen molar-refractivity contribution < 1.29 is 4.79 Å². The summed E-state index contributed by atoms with van der Waals surface area (Å²) < 4.78 is 0. The molecule has 3 nitrogen and oxygen atoms in total. The maximum Gasteiger partial charge on any atom is 0.281 e. The van der Waals surface area contributed by atoms with Crippen LogP contribution in [0.25, 0.3) is 6.08 Å². The minimum Gasteiger partial charge on any atom is -0.266 e. The molecule has 23 heavy (non-hydrogen) atoms. The van der Waals surface area contributed by atoms with Gasteiger partial charge in [0.2, 0.25) is 0 Å². The van der Waals surface area contributed by atoms with Crippen molar-refractivity contribution in [1.82, 2.24) is 5.43 Å². The number of nitrogens with one attached hydrogen (secondary N) is 1. The largest absolute Gasteiger partial charge is 0.281 e. The number of fused-ring (bicyclic) bond motifs is 1. The molecule has 0 unspecified atom stereocenters. The van der Waals surface area contributed by atoms with Crippen molar-refractivity contribution in [2.75, 3.05) is 0 Å². The highest BCUT2D eigenvalue weighted by atomic mass is 35.5. The molecule has 1 heterocycles. The van der Waals surface area contributed by atoms with Crippen LogP contribution in [0.3, 0.4) is 0 Å². The van der Waals surface area contributed by atoms with Gasteiger partial charge in [0.15, 0.2) is 0 Å². The van der Waals surface area contributed by atoms with Gasteiger partial charge in [-0.2, -0.15) is 5.10 Å². The highest BCUT2D eigenvalue weighted by molar-refractivity contribution is 7.14. The molecule has 1 aromatic heterocycles. The second-order valence-electron chi connectivity index (χ2n) is 5.41. The summed E-state index contributed by atoms with van der Waals surface area (Å²) in [5.41, 5.74) is 4.84. The zero-order valence-corrected chi connectivity index (χ0v) is 14.2. The highest BCUT2D eigenvalue weighted by Crippen LogP contribution is 2.29. The first-order chi connectivity index (χ1) is 11.2. The van der Waals surface area contributed by atoms with E-state index in [2.05, 4.69) is 10.5 Å². The van der Waals surface area contributed by atoms with Crippen molar-refractivity contribution in [3.05, 3.63) is 62.3 Å². The summed E-state index contributed by atoms with van der Waals surface area (Å²) in [4.78, 5) is 14.2. The molecule has 0 aliphatic heterocycles. The van der Waals surface area contributed by atoms with Crippen LogP contribution in [0.4, 0.5) is 0 Å². The molecule has 0 saturated heterocycles. The molecular weight excluding hydrogens is 328 g/mol. The number of aryl methyl sites for hydroxylation is 2. The molecule has 1 aliphatic rings. The Bertz CT molecular complexity index is 726. The number of rotatable bonds is 4. The van der Waals surface area contributed by atoms with Crippen LogP contribution < -0.4 is 5.43 Å². The molecule has 0 atom stereocenters. The van der Waals surface area contributed by atoms with E-state index in [0.717, 1.165) is 23.3 Å². The van der Waals surface area contributed by atoms with E-state index in [1.807, 2.05) is 36.4 Å². The number of nitrogens with zero attached hydrogens (tertiary/aromatic N) is 1. The van der Waals surface area contributed by atoms with E-state index in [-0.39, 0.29) is 5.91 Å². The molecule has 3 rings (SSSR count). The maximum atomic E-state index is 12.1. The molecule has 0 spiro atoms. The number of allylic oxidation sites excluding steroid dienone is 1. The Morgan fingerprint density at radius 2 is 2.00 bits per heavy atom. The molecule has 1 amide bonds. The first-order valence-electron chi connectivity index (χ1n) is 7.59. The molecule has 0 saturated carbocycles. The molecule has 5 heteroatoms. The molecule has 1 aromatic carbocycles. The molecule has 0 bridgehead atoms. The third kappa shape index (κ3) is 4.30. The number of hydrogen-bond donors (Lipinski definition) is 1. The van der Waals surface area contributed by atoms with Crippen molar-refractivity contribution in [2.45, 2.75) is 25.7 Å². The summed E-state index contributed by atoms with van der Waals surface area (Å²) in [7, 11) is 0. The summed E-state index contributed by atoms with van der Waals surface area (Å²) >= 11 is 7.66. The number of hydrazone groups is 1. The zero-order chi connectivity index (χ0) is 16.1. The fraction of sp³-hybridized carbons (Fsp3) is 0.222. The van der Waals surface area contributed by atoms with Crippen LogP contribution in [0.5, 0.6) is 0 Å². The third-order valence-electron chi connectivity index (χ3n) is 3.68. The van der Waals surface area contributed by atoms with E-state index in [1.54, 1.807) is 17.4 Å². The first-order valence-corrected chi connectivity index (χ1v) is 8.79. The second kappa shape index (κ2) is 7.57. The number of halogens is 1. The van der Waals surface area contributed by atoms with Crippen LogP contribution in [0.1, 0.15) is 38.5 Å². The monoisotopic (exact) mass is 344 g/mol. The van der Waals surface area contributed by atoms with Crippen LogP contribution in [0, 0.1) is 0 Å². The summed E-state index contributed by atoms with van der Waals surface area (Å²) in [5.74, 6) is -0.176. The van der Waals surface area contributed by atoms with Crippen molar-refractivity contribution in [3.8, 4) is 0 Å². The maximum absolute atomic E-state index is 12.1. The molecule has 118 valence electrons. The van der Waals surface area contributed by atoms with E-state index in [4.69, 9.17) is 11.6 Å². The van der Waals surface area contributed by atoms with E-state index in [1.165, 1.54) is 29.5 Å². The Morgan fingerprint density at radius 1 is 1.22 bits per heavy atom. The molecule has 0 fully saturated rings. The Kier molecular flexibility index (Phi) is 5.26. The Morgan fingerprint density at radius 3 is 2.78 bits per heavy atom. The predicted octanol–water partition coefficient (Wildman–Crippen LogP) is 4.62. The van der Waals surface area contributed by atoms with Gasteiger partial charge in [-0.05, 0) is 49.0 Å². The quantitative estimate of drug-likeness (QED) is 0.638. The van der Waals surface area contributed by atoms with Gasteiger partial charge in [0.05, 0.1) is 16.1 Å². The molecule has 2 aromatic rings. The number of thiophene rings is 1. The summed E-state index contributed by atoms with van der Waals surface area (Å²) in [6.45, 7) is 0. The van der Waals surface area contributed by atoms with Gasteiger partial charge < -0.3 is 0 Å². The Labute approximate surface area is 144 Å². The number of amides is 1. The van der Waals surface area contributed by atoms with Crippen LogP contribution in [0.15, 0.2) is 46.5 Å². The minimum absolute atomic E-state index is 0.176. The first kappa shape index (κ1) is 16.0. The smallest absolute Gasteiger partial charge is 0.266 e. The Hall–Kier alpha value is -1.91. The minimum atomic E-state index is -0.176. The van der Waals surface area contributed by atoms with Crippen LogP contribution in [-0.4, -0.2) is 12.1 Å². The van der Waals surface area contributed by atoms with Gasteiger partial charge in [0.1, 0.15) is 0 Å². The topological polar surface area (TPSA) is 41.5 Å². The van der Waals surface area contributed by atoms with E-state index < -0.39 is 0 Å². The highest BCUT2D eigenvalue weighted by Gasteiger charge is 2.16. The van der Waals surface area contributed by atoms with Gasteiger partial charge in [-0.15, -0.1) is 11.3 Å². The lowest BCUT2D eigenvalue weighted by molar-refractivity contribution is 0.0959. The molecule has 1 N–H and O–H groups in total. The van der Waals surface area contributed by atoms with Gasteiger partial charge in [-0.1, -0.05) is 41.9 Å². The van der Waals surface area contributed by atoms with E-state index in [0.29, 0.717) is 5.03 Å². The van der Waals surface area contributed by atoms with Gasteiger partial charge in [0.25, 0.3) is 5.91 Å². The van der Waals surface area contributed by atoms with Gasteiger partial charge in [-0.25, -0.2) is 5.43 Å². The number of carbonyl (C=O) groups is 1. The lowest BCUT2D eigenvalue weighted by Crippen LogP contribution is -2.16. The SMILES string of the molecule is O=C(N/N=C\C(Cl)=C\c1ccccc1)c1cc2c(s1)CCCC2. The van der Waals surface area contributed by atoms with Gasteiger partial charge >= 0.3 is 0 Å². The fourth-order valence-corrected chi connectivity index (χ4v) is 3.87. The van der Waals surface area contributed by atoms with E-state index >= 15 is 0 Å². The average molecular weight is 345 g/mol. The molecule has 0 radical (unpaired) electrons. The van der Waals surface area contributed by atoms with Crippen LogP contribution >= 0.6 is 22.9 Å². The number of carbonyl (C=O) groups excluding carboxylic acids is 1. The van der Waals surface area contributed by atoms with Crippen LogP contribution in [0.2, 0.25) is 0 Å². The zero-order valence-electron chi connectivity index (χ0n) is 12.6.